The van der Waals surface area contributed by atoms with Gasteiger partial charge in [-0.15, -0.1) is 0 Å². The van der Waals surface area contributed by atoms with Crippen LogP contribution in [0.4, 0.5) is 10.1 Å². The van der Waals surface area contributed by atoms with Gasteiger partial charge in [0.15, 0.2) is 0 Å². The molecule has 9 heteroatoms. The van der Waals surface area contributed by atoms with Gasteiger partial charge in [0.1, 0.15) is 11.5 Å². The van der Waals surface area contributed by atoms with Gasteiger partial charge < -0.3 is 10.3 Å². The Hall–Kier alpha value is -5.70. The number of H-pyrrole nitrogens is 2. The van der Waals surface area contributed by atoms with Crippen molar-refractivity contribution in [3.05, 3.63) is 115 Å². The van der Waals surface area contributed by atoms with Crippen molar-refractivity contribution >= 4 is 33.4 Å². The largest absolute Gasteiger partial charge is 0.352 e. The molecule has 7 rings (SSSR count). The highest BCUT2D eigenvalue weighted by Crippen LogP contribution is 2.35. The number of amides is 1. The number of aromatic amines is 2. The van der Waals surface area contributed by atoms with E-state index in [4.69, 9.17) is 0 Å². The van der Waals surface area contributed by atoms with Gasteiger partial charge in [0, 0.05) is 34.3 Å². The highest BCUT2D eigenvalue weighted by Gasteiger charge is 2.16. The Morgan fingerprint density at radius 2 is 1.71 bits per heavy atom. The highest BCUT2D eigenvalue weighted by molar-refractivity contribution is 6.01. The first kappa shape index (κ1) is 25.3. The zero-order valence-corrected chi connectivity index (χ0v) is 22.5. The van der Waals surface area contributed by atoms with E-state index in [2.05, 4.69) is 35.5 Å². The predicted molar refractivity (Wildman–Crippen MR) is 161 cm³/mol. The maximum atomic E-state index is 14.2. The number of anilines is 1. The highest BCUT2D eigenvalue weighted by atomic mass is 19.1. The van der Waals surface area contributed by atoms with Gasteiger partial charge in [-0.1, -0.05) is 36.4 Å². The lowest BCUT2D eigenvalue weighted by Gasteiger charge is -2.07. The number of rotatable bonds is 6. The second-order valence-electron chi connectivity index (χ2n) is 10.2. The van der Waals surface area contributed by atoms with E-state index in [1.54, 1.807) is 31.0 Å². The molecule has 8 nitrogen and oxygen atoms in total. The maximum Gasteiger partial charge on any atom is 0.228 e. The summed E-state index contributed by atoms with van der Waals surface area (Å²) in [5, 5.41) is 12.3. The van der Waals surface area contributed by atoms with Crippen molar-refractivity contribution in [1.82, 2.24) is 30.1 Å². The number of halogens is 1. The fraction of sp³-hybridized carbons (Fsp3) is 0.0606. The van der Waals surface area contributed by atoms with E-state index in [0.717, 1.165) is 55.3 Å². The fourth-order valence-electron chi connectivity index (χ4n) is 5.22. The van der Waals surface area contributed by atoms with Crippen LogP contribution in [0.15, 0.2) is 97.7 Å². The number of nitrogens with one attached hydrogen (secondary N) is 3. The Morgan fingerprint density at radius 3 is 2.57 bits per heavy atom. The van der Waals surface area contributed by atoms with Crippen molar-refractivity contribution in [3.8, 4) is 33.8 Å². The SMILES string of the molecule is Cc1cc(F)cc(-c2cncc3[nH]c(-c4n[nH]c5cnc(-c6cncc(NC(=O)Cc7ccccc7)c6)cc45)cc23)c1. The lowest BCUT2D eigenvalue weighted by atomic mass is 10.0. The third kappa shape index (κ3) is 4.88. The Labute approximate surface area is 239 Å². The van der Waals surface area contributed by atoms with E-state index in [-0.39, 0.29) is 18.1 Å². The number of carbonyl (C=O) groups is 1. The van der Waals surface area contributed by atoms with Crippen LogP contribution < -0.4 is 5.32 Å². The van der Waals surface area contributed by atoms with Crippen LogP contribution >= 0.6 is 0 Å². The standard InChI is InChI=1S/C33H24FN7O/c1-19-7-21(10-23(34)8-19)27-16-36-17-30-25(27)12-29(39-30)33-26-13-28(37-18-31(26)40-41-33)22-11-24(15-35-14-22)38-32(42)9-20-5-3-2-4-6-20/h2-8,10-18,39H,9H2,1H3,(H,38,42)(H,40,41). The molecule has 2 aromatic carbocycles. The van der Waals surface area contributed by atoms with Crippen LogP contribution in [0.2, 0.25) is 0 Å². The molecule has 0 bridgehead atoms. The number of hydrogen-bond donors (Lipinski definition) is 3. The summed E-state index contributed by atoms with van der Waals surface area (Å²) in [6.45, 7) is 1.87. The van der Waals surface area contributed by atoms with Crippen molar-refractivity contribution in [2.75, 3.05) is 5.32 Å². The van der Waals surface area contributed by atoms with Crippen LogP contribution in [0.3, 0.4) is 0 Å². The maximum absolute atomic E-state index is 14.2. The summed E-state index contributed by atoms with van der Waals surface area (Å²) < 4.78 is 14.2. The number of hydrogen-bond acceptors (Lipinski definition) is 5. The molecule has 0 spiro atoms. The first-order valence-electron chi connectivity index (χ1n) is 13.4. The molecule has 0 fully saturated rings. The van der Waals surface area contributed by atoms with E-state index < -0.39 is 0 Å². The summed E-state index contributed by atoms with van der Waals surface area (Å²) in [6.07, 6.45) is 8.82. The van der Waals surface area contributed by atoms with Gasteiger partial charge in [-0.05, 0) is 53.9 Å². The third-order valence-corrected chi connectivity index (χ3v) is 7.13. The molecule has 0 aliphatic rings. The summed E-state index contributed by atoms with van der Waals surface area (Å²) in [6, 6.07) is 20.4. The lowest BCUT2D eigenvalue weighted by molar-refractivity contribution is -0.115. The topological polar surface area (TPSA) is 112 Å². The molecule has 204 valence electrons. The molecule has 5 heterocycles. The van der Waals surface area contributed by atoms with Crippen molar-refractivity contribution in [2.24, 2.45) is 0 Å². The molecule has 7 aromatic rings. The number of aromatic nitrogens is 6. The average Bonchev–Trinajstić information content (AvgIpc) is 3.61. The van der Waals surface area contributed by atoms with Gasteiger partial charge in [-0.3, -0.25) is 24.8 Å². The molecule has 0 aliphatic heterocycles. The number of benzene rings is 2. The van der Waals surface area contributed by atoms with Crippen molar-refractivity contribution < 1.29 is 9.18 Å². The second kappa shape index (κ2) is 10.4. The molecule has 0 unspecified atom stereocenters. The van der Waals surface area contributed by atoms with Gasteiger partial charge in [0.05, 0.1) is 53.1 Å². The quantitative estimate of drug-likeness (QED) is 0.208. The summed E-state index contributed by atoms with van der Waals surface area (Å²) in [5.41, 5.74) is 8.49. The van der Waals surface area contributed by atoms with E-state index >= 15 is 0 Å². The molecule has 5 aromatic heterocycles. The predicted octanol–water partition coefficient (Wildman–Crippen LogP) is 6.86. The normalized spacial score (nSPS) is 11.3. The zero-order chi connectivity index (χ0) is 28.6. The molecule has 42 heavy (non-hydrogen) atoms. The molecule has 0 saturated heterocycles. The summed E-state index contributed by atoms with van der Waals surface area (Å²) >= 11 is 0. The molecule has 0 radical (unpaired) electrons. The van der Waals surface area contributed by atoms with E-state index in [1.165, 1.54) is 12.1 Å². The van der Waals surface area contributed by atoms with E-state index in [9.17, 15) is 9.18 Å². The smallest absolute Gasteiger partial charge is 0.228 e. The third-order valence-electron chi connectivity index (χ3n) is 7.13. The van der Waals surface area contributed by atoms with E-state index in [0.29, 0.717) is 17.1 Å². The lowest BCUT2D eigenvalue weighted by Crippen LogP contribution is -2.14. The molecule has 0 atom stereocenters. The minimum atomic E-state index is -0.287. The Morgan fingerprint density at radius 1 is 0.857 bits per heavy atom. The van der Waals surface area contributed by atoms with Crippen LogP contribution in [-0.2, 0) is 11.2 Å². The molecule has 1 amide bonds. The molecule has 0 saturated carbocycles. The van der Waals surface area contributed by atoms with Gasteiger partial charge in [0.2, 0.25) is 5.91 Å². The second-order valence-corrected chi connectivity index (χ2v) is 10.2. The van der Waals surface area contributed by atoms with Crippen LogP contribution in [0.1, 0.15) is 11.1 Å². The Balaban J connectivity index is 1.22. The zero-order valence-electron chi connectivity index (χ0n) is 22.5. The molecule has 3 N–H and O–H groups in total. The van der Waals surface area contributed by atoms with Gasteiger partial charge in [-0.2, -0.15) is 5.10 Å². The van der Waals surface area contributed by atoms with Crippen LogP contribution in [0, 0.1) is 12.7 Å². The van der Waals surface area contributed by atoms with Crippen molar-refractivity contribution in [3.63, 3.8) is 0 Å². The van der Waals surface area contributed by atoms with Gasteiger partial charge in [0.25, 0.3) is 0 Å². The Bertz CT molecular complexity index is 2080. The van der Waals surface area contributed by atoms with Gasteiger partial charge in [-0.25, -0.2) is 4.39 Å². The minimum absolute atomic E-state index is 0.123. The van der Waals surface area contributed by atoms with Crippen LogP contribution in [0.5, 0.6) is 0 Å². The average molecular weight is 554 g/mol. The van der Waals surface area contributed by atoms with Crippen LogP contribution in [0.25, 0.3) is 55.6 Å². The summed E-state index contributed by atoms with van der Waals surface area (Å²) in [4.78, 5) is 29.3. The van der Waals surface area contributed by atoms with E-state index in [1.807, 2.05) is 61.5 Å². The molecular formula is C33H24FN7O. The van der Waals surface area contributed by atoms with Gasteiger partial charge >= 0.3 is 0 Å². The first-order valence-corrected chi connectivity index (χ1v) is 13.4. The number of carbonyl (C=O) groups excluding carboxylic acids is 1. The Kier molecular flexibility index (Phi) is 6.24. The summed E-state index contributed by atoms with van der Waals surface area (Å²) in [7, 11) is 0. The number of aryl methyl sites for hydroxylation is 1. The summed E-state index contributed by atoms with van der Waals surface area (Å²) in [5.74, 6) is -0.410. The monoisotopic (exact) mass is 553 g/mol. The first-order chi connectivity index (χ1) is 20.5. The number of pyridine rings is 3. The molecular weight excluding hydrogens is 529 g/mol. The number of fused-ring (bicyclic) bond motifs is 2. The number of nitrogens with zero attached hydrogens (tertiary/aromatic N) is 4. The minimum Gasteiger partial charge on any atom is -0.352 e. The fourth-order valence-corrected chi connectivity index (χ4v) is 5.22. The molecule has 0 aliphatic carbocycles. The van der Waals surface area contributed by atoms with Crippen molar-refractivity contribution in [2.45, 2.75) is 13.3 Å². The van der Waals surface area contributed by atoms with Crippen LogP contribution in [-0.4, -0.2) is 36.0 Å². The van der Waals surface area contributed by atoms with Crippen molar-refractivity contribution in [1.29, 1.82) is 0 Å².